The number of hydrogen-bond acceptors (Lipinski definition) is 3. The summed E-state index contributed by atoms with van der Waals surface area (Å²) in [5.74, 6) is -0.119. The molecule has 1 aliphatic rings. The highest BCUT2D eigenvalue weighted by Gasteiger charge is 2.13. The molecule has 1 heterocycles. The first-order valence-corrected chi connectivity index (χ1v) is 4.28. The molecule has 3 nitrogen and oxygen atoms in total. The van der Waals surface area contributed by atoms with Gasteiger partial charge >= 0.3 is 5.97 Å². The van der Waals surface area contributed by atoms with Crippen LogP contribution in [0, 0.1) is 0 Å². The van der Waals surface area contributed by atoms with Crippen LogP contribution in [-0.2, 0) is 9.63 Å². The molecular formula is C8H15NO2. The number of hydrogen-bond donors (Lipinski definition) is 0. The molecule has 0 radical (unpaired) electrons. The van der Waals surface area contributed by atoms with Crippen molar-refractivity contribution < 1.29 is 9.63 Å². The lowest BCUT2D eigenvalue weighted by Crippen LogP contribution is -2.32. The minimum Gasteiger partial charge on any atom is -0.368 e. The number of hydroxylamine groups is 2. The topological polar surface area (TPSA) is 29.5 Å². The number of rotatable bonds is 2. The van der Waals surface area contributed by atoms with Crippen LogP contribution in [0.25, 0.3) is 0 Å². The summed E-state index contributed by atoms with van der Waals surface area (Å²) in [5, 5.41) is 1.77. The second-order valence-corrected chi connectivity index (χ2v) is 2.81. The molecule has 3 heteroatoms. The lowest BCUT2D eigenvalue weighted by atomic mass is 10.2. The maximum absolute atomic E-state index is 10.8. The van der Waals surface area contributed by atoms with Gasteiger partial charge in [-0.1, -0.05) is 13.3 Å². The summed E-state index contributed by atoms with van der Waals surface area (Å²) in [6, 6.07) is 0. The van der Waals surface area contributed by atoms with Crippen LogP contribution in [0.15, 0.2) is 0 Å². The van der Waals surface area contributed by atoms with Gasteiger partial charge in [0.2, 0.25) is 0 Å². The first kappa shape index (κ1) is 8.53. The van der Waals surface area contributed by atoms with Gasteiger partial charge in [0.25, 0.3) is 0 Å². The highest BCUT2D eigenvalue weighted by Crippen LogP contribution is 2.08. The van der Waals surface area contributed by atoms with Gasteiger partial charge in [-0.25, -0.2) is 0 Å². The standard InChI is InChI=1S/C8H15NO2/c1-2-8(10)11-9-6-4-3-5-7-9/h2-7H2,1H3. The highest BCUT2D eigenvalue weighted by molar-refractivity contribution is 5.68. The van der Waals surface area contributed by atoms with Crippen molar-refractivity contribution >= 4 is 5.97 Å². The Morgan fingerprint density at radius 2 is 2.00 bits per heavy atom. The Bertz CT molecular complexity index is 130. The van der Waals surface area contributed by atoms with E-state index >= 15 is 0 Å². The Morgan fingerprint density at radius 1 is 1.36 bits per heavy atom. The van der Waals surface area contributed by atoms with E-state index in [9.17, 15) is 4.79 Å². The van der Waals surface area contributed by atoms with E-state index in [-0.39, 0.29) is 5.97 Å². The van der Waals surface area contributed by atoms with Crippen LogP contribution in [0.4, 0.5) is 0 Å². The summed E-state index contributed by atoms with van der Waals surface area (Å²) in [5.41, 5.74) is 0. The predicted molar refractivity (Wildman–Crippen MR) is 41.8 cm³/mol. The van der Waals surface area contributed by atoms with E-state index in [0.717, 1.165) is 25.9 Å². The molecule has 1 fully saturated rings. The molecule has 0 N–H and O–H groups in total. The maximum Gasteiger partial charge on any atom is 0.324 e. The van der Waals surface area contributed by atoms with Crippen LogP contribution in [0.3, 0.4) is 0 Å². The smallest absolute Gasteiger partial charge is 0.324 e. The number of piperidine rings is 1. The summed E-state index contributed by atoms with van der Waals surface area (Å²) in [6.07, 6.45) is 4.03. The van der Waals surface area contributed by atoms with Gasteiger partial charge in [-0.15, -0.1) is 5.06 Å². The SMILES string of the molecule is CCC(=O)ON1CCCCC1. The third-order valence-electron chi connectivity index (χ3n) is 1.83. The number of carbonyl (C=O) groups excluding carboxylic acids is 1. The maximum atomic E-state index is 10.8. The second kappa shape index (κ2) is 4.34. The van der Waals surface area contributed by atoms with Gasteiger partial charge in [-0.05, 0) is 12.8 Å². The van der Waals surface area contributed by atoms with Crippen LogP contribution in [0.2, 0.25) is 0 Å². The first-order valence-electron chi connectivity index (χ1n) is 4.28. The fraction of sp³-hybridized carbons (Fsp3) is 0.875. The van der Waals surface area contributed by atoms with Crippen LogP contribution >= 0.6 is 0 Å². The average molecular weight is 157 g/mol. The summed E-state index contributed by atoms with van der Waals surface area (Å²) in [6.45, 7) is 3.63. The van der Waals surface area contributed by atoms with E-state index < -0.39 is 0 Å². The lowest BCUT2D eigenvalue weighted by molar-refractivity contribution is -0.193. The molecule has 0 unspecified atom stereocenters. The van der Waals surface area contributed by atoms with Gasteiger partial charge in [0, 0.05) is 19.5 Å². The van der Waals surface area contributed by atoms with E-state index in [1.54, 1.807) is 5.06 Å². The van der Waals surface area contributed by atoms with Crippen LogP contribution < -0.4 is 0 Å². The van der Waals surface area contributed by atoms with Crippen molar-refractivity contribution in [1.29, 1.82) is 0 Å². The van der Waals surface area contributed by atoms with E-state index in [2.05, 4.69) is 0 Å². The van der Waals surface area contributed by atoms with Crippen LogP contribution in [-0.4, -0.2) is 24.1 Å². The number of carbonyl (C=O) groups is 1. The molecule has 0 amide bonds. The molecule has 1 aliphatic heterocycles. The van der Waals surface area contributed by atoms with Crippen LogP contribution in [0.1, 0.15) is 32.6 Å². The molecule has 0 atom stereocenters. The van der Waals surface area contributed by atoms with Crippen molar-refractivity contribution in [2.45, 2.75) is 32.6 Å². The zero-order valence-electron chi connectivity index (χ0n) is 7.01. The van der Waals surface area contributed by atoms with Crippen molar-refractivity contribution in [2.75, 3.05) is 13.1 Å². The first-order chi connectivity index (χ1) is 5.33. The Kier molecular flexibility index (Phi) is 3.36. The minimum absolute atomic E-state index is 0.119. The Morgan fingerprint density at radius 3 is 2.55 bits per heavy atom. The number of nitrogens with zero attached hydrogens (tertiary/aromatic N) is 1. The fourth-order valence-corrected chi connectivity index (χ4v) is 1.16. The normalized spacial score (nSPS) is 19.7. The average Bonchev–Trinajstić information content (AvgIpc) is 2.06. The molecule has 0 aliphatic carbocycles. The van der Waals surface area contributed by atoms with Crippen molar-refractivity contribution in [3.63, 3.8) is 0 Å². The Hall–Kier alpha value is -0.570. The monoisotopic (exact) mass is 157 g/mol. The summed E-state index contributed by atoms with van der Waals surface area (Å²) >= 11 is 0. The van der Waals surface area contributed by atoms with Gasteiger partial charge in [-0.2, -0.15) is 0 Å². The summed E-state index contributed by atoms with van der Waals surface area (Å²) < 4.78 is 0. The molecule has 0 aromatic rings. The zero-order valence-corrected chi connectivity index (χ0v) is 7.01. The van der Waals surface area contributed by atoms with Crippen molar-refractivity contribution in [1.82, 2.24) is 5.06 Å². The van der Waals surface area contributed by atoms with Gasteiger partial charge in [0.1, 0.15) is 0 Å². The summed E-state index contributed by atoms with van der Waals surface area (Å²) in [7, 11) is 0. The minimum atomic E-state index is -0.119. The molecule has 11 heavy (non-hydrogen) atoms. The molecule has 0 saturated carbocycles. The van der Waals surface area contributed by atoms with E-state index in [1.807, 2.05) is 6.92 Å². The molecule has 1 rings (SSSR count). The molecule has 0 spiro atoms. The Labute approximate surface area is 67.3 Å². The third-order valence-corrected chi connectivity index (χ3v) is 1.83. The van der Waals surface area contributed by atoms with E-state index in [1.165, 1.54) is 6.42 Å². The largest absolute Gasteiger partial charge is 0.368 e. The molecule has 1 saturated heterocycles. The lowest BCUT2D eigenvalue weighted by Gasteiger charge is -2.24. The zero-order chi connectivity index (χ0) is 8.10. The van der Waals surface area contributed by atoms with Crippen LogP contribution in [0.5, 0.6) is 0 Å². The molecule has 0 bridgehead atoms. The molecule has 64 valence electrons. The highest BCUT2D eigenvalue weighted by atomic mass is 16.7. The van der Waals surface area contributed by atoms with E-state index in [0.29, 0.717) is 6.42 Å². The van der Waals surface area contributed by atoms with Gasteiger partial charge < -0.3 is 4.84 Å². The summed E-state index contributed by atoms with van der Waals surface area (Å²) in [4.78, 5) is 15.9. The molecule has 0 aromatic heterocycles. The second-order valence-electron chi connectivity index (χ2n) is 2.81. The van der Waals surface area contributed by atoms with Gasteiger partial charge in [-0.3, -0.25) is 4.79 Å². The molecule has 0 aromatic carbocycles. The Balaban J connectivity index is 2.19. The fourth-order valence-electron chi connectivity index (χ4n) is 1.16. The van der Waals surface area contributed by atoms with Crippen molar-refractivity contribution in [3.05, 3.63) is 0 Å². The van der Waals surface area contributed by atoms with Crippen molar-refractivity contribution in [2.24, 2.45) is 0 Å². The molecular weight excluding hydrogens is 142 g/mol. The van der Waals surface area contributed by atoms with Gasteiger partial charge in [0.15, 0.2) is 0 Å². The third kappa shape index (κ3) is 2.89. The predicted octanol–water partition coefficient (Wildman–Crippen LogP) is 1.34. The van der Waals surface area contributed by atoms with Gasteiger partial charge in [0.05, 0.1) is 0 Å². The van der Waals surface area contributed by atoms with Crippen molar-refractivity contribution in [3.8, 4) is 0 Å². The van der Waals surface area contributed by atoms with E-state index in [4.69, 9.17) is 4.84 Å². The quantitative estimate of drug-likeness (QED) is 0.605.